The van der Waals surface area contributed by atoms with Gasteiger partial charge in [-0.15, -0.1) is 0 Å². The van der Waals surface area contributed by atoms with Crippen molar-refractivity contribution in [3.8, 4) is 16.9 Å². The molecule has 4 amide bonds. The Balaban J connectivity index is 1.31. The van der Waals surface area contributed by atoms with E-state index in [0.717, 1.165) is 21.6 Å². The van der Waals surface area contributed by atoms with E-state index in [1.54, 1.807) is 30.2 Å². The van der Waals surface area contributed by atoms with Crippen LogP contribution in [0.15, 0.2) is 52.2 Å². The Morgan fingerprint density at radius 2 is 1.80 bits per heavy atom. The molecular weight excluding hydrogens is 623 g/mol. The molecule has 1 aromatic heterocycles. The number of piperidine rings is 1. The van der Waals surface area contributed by atoms with Gasteiger partial charge in [-0.1, -0.05) is 35.3 Å². The van der Waals surface area contributed by atoms with Gasteiger partial charge >= 0.3 is 11.7 Å². The van der Waals surface area contributed by atoms with E-state index in [1.807, 2.05) is 23.1 Å². The van der Waals surface area contributed by atoms with Gasteiger partial charge in [0.2, 0.25) is 11.8 Å². The van der Waals surface area contributed by atoms with Crippen LogP contribution in [0.1, 0.15) is 25.3 Å². The summed E-state index contributed by atoms with van der Waals surface area (Å²) < 4.78 is 7.49. The van der Waals surface area contributed by atoms with Crippen LogP contribution in [0.25, 0.3) is 11.1 Å². The topological polar surface area (TPSA) is 135 Å². The van der Waals surface area contributed by atoms with Crippen molar-refractivity contribution < 1.29 is 19.1 Å². The van der Waals surface area contributed by atoms with Gasteiger partial charge in [0.15, 0.2) is 0 Å². The predicted octanol–water partition coefficient (Wildman–Crippen LogP) is 3.21. The molecule has 14 heteroatoms. The second-order valence-electron chi connectivity index (χ2n) is 11.0. The molecule has 12 nitrogen and oxygen atoms in total. The van der Waals surface area contributed by atoms with Gasteiger partial charge in [-0.25, -0.2) is 9.59 Å². The highest BCUT2D eigenvalue weighted by atomic mass is 35.5. The van der Waals surface area contributed by atoms with Gasteiger partial charge in [0.25, 0.3) is 5.56 Å². The summed E-state index contributed by atoms with van der Waals surface area (Å²) in [6.45, 7) is 2.31. The fourth-order valence-electron chi connectivity index (χ4n) is 5.78. The van der Waals surface area contributed by atoms with Crippen molar-refractivity contribution in [3.05, 3.63) is 79.0 Å². The highest BCUT2D eigenvalue weighted by Gasteiger charge is 2.32. The van der Waals surface area contributed by atoms with Crippen LogP contribution in [0.5, 0.6) is 5.75 Å². The molecule has 2 aromatic carbocycles. The van der Waals surface area contributed by atoms with Gasteiger partial charge in [-0.2, -0.15) is 0 Å². The third-order valence-electron chi connectivity index (χ3n) is 8.19. The highest BCUT2D eigenvalue weighted by Crippen LogP contribution is 2.32. The number of hydrogen-bond acceptors (Lipinski definition) is 6. The van der Waals surface area contributed by atoms with E-state index in [9.17, 15) is 24.0 Å². The summed E-state index contributed by atoms with van der Waals surface area (Å²) >= 11 is 12.6. The molecule has 0 atom stereocenters. The lowest BCUT2D eigenvalue weighted by Gasteiger charge is -2.38. The maximum Gasteiger partial charge on any atom is 0.331 e. The number of methoxy groups -OCH3 is 1. The van der Waals surface area contributed by atoms with E-state index in [1.165, 1.54) is 17.7 Å². The fraction of sp³-hybridized carbons (Fsp3) is 0.387. The molecule has 3 aromatic rings. The number of fused-ring (bicyclic) bond motifs is 1. The maximum absolute atomic E-state index is 13.5. The Labute approximate surface area is 269 Å². The minimum atomic E-state index is -0.687. The Morgan fingerprint density at radius 1 is 1.04 bits per heavy atom. The van der Waals surface area contributed by atoms with Crippen LogP contribution in [0.3, 0.4) is 0 Å². The number of halogens is 2. The molecule has 2 aliphatic heterocycles. The minimum Gasteiger partial charge on any atom is -0.497 e. The summed E-state index contributed by atoms with van der Waals surface area (Å²) in [5.41, 5.74) is 0.879. The number of urea groups is 1. The van der Waals surface area contributed by atoms with Crippen molar-refractivity contribution in [1.82, 2.24) is 24.3 Å². The largest absolute Gasteiger partial charge is 0.497 e. The smallest absolute Gasteiger partial charge is 0.331 e. The zero-order valence-corrected chi connectivity index (χ0v) is 26.5. The van der Waals surface area contributed by atoms with Gasteiger partial charge in [-0.3, -0.25) is 23.5 Å². The number of amides is 4. The number of carbonyl (C=O) groups excluding carboxylic acids is 3. The third-order valence-corrected chi connectivity index (χ3v) is 9.01. The van der Waals surface area contributed by atoms with Crippen molar-refractivity contribution >= 4 is 46.7 Å². The maximum atomic E-state index is 13.5. The summed E-state index contributed by atoms with van der Waals surface area (Å²) in [6.07, 6.45) is 3.15. The average Bonchev–Trinajstić information content (AvgIpc) is 3.19. The van der Waals surface area contributed by atoms with Crippen LogP contribution in [0.2, 0.25) is 10.0 Å². The molecule has 0 unspecified atom stereocenters. The zero-order valence-electron chi connectivity index (χ0n) is 25.0. The summed E-state index contributed by atoms with van der Waals surface area (Å²) in [7, 11) is 1.60. The second kappa shape index (κ2) is 13.8. The number of anilines is 1. The quantitative estimate of drug-likeness (QED) is 0.382. The van der Waals surface area contributed by atoms with E-state index < -0.39 is 11.2 Å². The molecule has 0 radical (unpaired) electrons. The van der Waals surface area contributed by atoms with Gasteiger partial charge in [0, 0.05) is 63.1 Å². The SMILES string of the molecule is COc1ccc2c(c1)CCN(C1CCN(C(=O)Cn3cc(-c4cccc(Cl)c4Cl)c(=O)n(CCNC(C)=O)c3=O)CC1)C(=O)N2. The number of nitrogens with zero attached hydrogens (tertiary/aromatic N) is 4. The number of hydrogen-bond donors (Lipinski definition) is 2. The first kappa shape index (κ1) is 32.1. The molecule has 0 spiro atoms. The highest BCUT2D eigenvalue weighted by molar-refractivity contribution is 6.43. The summed E-state index contributed by atoms with van der Waals surface area (Å²) in [5.74, 6) is 0.122. The molecule has 238 valence electrons. The van der Waals surface area contributed by atoms with E-state index in [-0.39, 0.29) is 59.1 Å². The second-order valence-corrected chi connectivity index (χ2v) is 11.8. The van der Waals surface area contributed by atoms with Crippen LogP contribution in [-0.4, -0.2) is 76.1 Å². The number of rotatable bonds is 8. The molecule has 0 bridgehead atoms. The lowest BCUT2D eigenvalue weighted by molar-refractivity contribution is -0.133. The molecule has 0 saturated carbocycles. The molecule has 0 aliphatic carbocycles. The first-order chi connectivity index (χ1) is 21.6. The van der Waals surface area contributed by atoms with E-state index in [4.69, 9.17) is 27.9 Å². The van der Waals surface area contributed by atoms with Gasteiger partial charge in [0.05, 0.1) is 22.7 Å². The Bertz CT molecular complexity index is 1750. The standard InChI is InChI=1S/C31H34Cl2N6O6/c1-19(40)34-11-15-39-29(42)24(23-4-3-5-25(32)28(23)33)17-37(31(39)44)18-27(41)36-12-9-21(10-13-36)38-14-8-20-16-22(45-2)6-7-26(20)35-30(38)43/h3-7,16-17,21H,8-15,18H2,1-2H3,(H,34,40)(H,35,43). The molecule has 2 N–H and O–H groups in total. The normalized spacial score (nSPS) is 15.2. The molecule has 5 rings (SSSR count). The molecular formula is C31H34Cl2N6O6. The van der Waals surface area contributed by atoms with Crippen molar-refractivity contribution in [2.24, 2.45) is 0 Å². The van der Waals surface area contributed by atoms with Crippen molar-refractivity contribution in [3.63, 3.8) is 0 Å². The molecule has 45 heavy (non-hydrogen) atoms. The van der Waals surface area contributed by atoms with Crippen LogP contribution < -0.4 is 26.6 Å². The number of carbonyl (C=O) groups is 3. The van der Waals surface area contributed by atoms with E-state index in [0.29, 0.717) is 44.5 Å². The zero-order chi connectivity index (χ0) is 32.2. The Kier molecular flexibility index (Phi) is 9.83. The van der Waals surface area contributed by atoms with Gasteiger partial charge < -0.3 is 25.2 Å². The molecule has 3 heterocycles. The monoisotopic (exact) mass is 656 g/mol. The summed E-state index contributed by atoms with van der Waals surface area (Å²) in [5, 5.41) is 5.95. The van der Waals surface area contributed by atoms with E-state index in [2.05, 4.69) is 10.6 Å². The molecule has 2 aliphatic rings. The van der Waals surface area contributed by atoms with Crippen molar-refractivity contribution in [1.29, 1.82) is 0 Å². The van der Waals surface area contributed by atoms with E-state index >= 15 is 0 Å². The number of likely N-dealkylation sites (tertiary alicyclic amines) is 1. The Morgan fingerprint density at radius 3 is 2.51 bits per heavy atom. The van der Waals surface area contributed by atoms with Crippen LogP contribution in [-0.2, 0) is 29.1 Å². The van der Waals surface area contributed by atoms with Crippen LogP contribution in [0.4, 0.5) is 10.5 Å². The fourth-order valence-corrected chi connectivity index (χ4v) is 6.18. The minimum absolute atomic E-state index is 0.0430. The first-order valence-electron chi connectivity index (χ1n) is 14.6. The van der Waals surface area contributed by atoms with Crippen LogP contribution >= 0.6 is 23.2 Å². The van der Waals surface area contributed by atoms with Crippen molar-refractivity contribution in [2.75, 3.05) is 38.6 Å². The molecule has 1 fully saturated rings. The average molecular weight is 658 g/mol. The summed E-state index contributed by atoms with van der Waals surface area (Å²) in [6, 6.07) is 10.2. The third kappa shape index (κ3) is 7.02. The number of ether oxygens (including phenoxy) is 1. The lowest BCUT2D eigenvalue weighted by atomic mass is 10.0. The Hall–Kier alpha value is -4.29. The number of nitrogens with one attached hydrogen (secondary N) is 2. The van der Waals surface area contributed by atoms with Crippen LogP contribution in [0, 0.1) is 0 Å². The first-order valence-corrected chi connectivity index (χ1v) is 15.4. The van der Waals surface area contributed by atoms with Gasteiger partial charge in [0.1, 0.15) is 12.3 Å². The van der Waals surface area contributed by atoms with Gasteiger partial charge in [-0.05, 0) is 49.1 Å². The van der Waals surface area contributed by atoms with Crippen molar-refractivity contribution in [2.45, 2.75) is 45.3 Å². The number of benzene rings is 2. The molecule has 1 saturated heterocycles. The predicted molar refractivity (Wildman–Crippen MR) is 171 cm³/mol. The summed E-state index contributed by atoms with van der Waals surface area (Å²) in [4.78, 5) is 68.3. The lowest BCUT2D eigenvalue weighted by Crippen LogP contribution is -2.51. The number of aromatic nitrogens is 2.